The number of sulfone groups is 1. The lowest BCUT2D eigenvalue weighted by molar-refractivity contribution is -0.111. The van der Waals surface area contributed by atoms with Gasteiger partial charge in [0.2, 0.25) is 5.91 Å². The van der Waals surface area contributed by atoms with E-state index in [4.69, 9.17) is 11.6 Å². The van der Waals surface area contributed by atoms with Gasteiger partial charge < -0.3 is 5.32 Å². The number of amides is 1. The quantitative estimate of drug-likeness (QED) is 0.871. The molecule has 0 radical (unpaired) electrons. The van der Waals surface area contributed by atoms with E-state index >= 15 is 0 Å². The fourth-order valence-electron chi connectivity index (χ4n) is 1.73. The van der Waals surface area contributed by atoms with E-state index in [9.17, 15) is 13.2 Å². The van der Waals surface area contributed by atoms with Crippen LogP contribution >= 0.6 is 11.6 Å². The first-order valence-electron chi connectivity index (χ1n) is 6.39. The molecule has 6 heteroatoms. The minimum Gasteiger partial charge on any atom is -0.322 e. The van der Waals surface area contributed by atoms with Crippen LogP contribution in [0.2, 0.25) is 5.02 Å². The van der Waals surface area contributed by atoms with Crippen molar-refractivity contribution in [2.75, 3.05) is 11.6 Å². The van der Waals surface area contributed by atoms with Crippen molar-refractivity contribution in [1.82, 2.24) is 0 Å². The second-order valence-corrected chi connectivity index (χ2v) is 7.13. The summed E-state index contributed by atoms with van der Waals surface area (Å²) in [6.07, 6.45) is 4.14. The van der Waals surface area contributed by atoms with Gasteiger partial charge in [-0.15, -0.1) is 0 Å². The van der Waals surface area contributed by atoms with E-state index in [0.717, 1.165) is 11.8 Å². The van der Waals surface area contributed by atoms with Crippen molar-refractivity contribution in [3.63, 3.8) is 0 Å². The SMILES string of the molecule is CS(=O)(=O)c1cccc(NC(=O)C=Cc2ccc(Cl)cc2)c1. The van der Waals surface area contributed by atoms with Gasteiger partial charge in [0.25, 0.3) is 0 Å². The van der Waals surface area contributed by atoms with Crippen molar-refractivity contribution in [3.05, 3.63) is 65.2 Å². The first kappa shape index (κ1) is 16.3. The molecule has 4 nitrogen and oxygen atoms in total. The maximum Gasteiger partial charge on any atom is 0.248 e. The molecular weight excluding hydrogens is 322 g/mol. The summed E-state index contributed by atoms with van der Waals surface area (Å²) >= 11 is 5.78. The third kappa shape index (κ3) is 4.72. The van der Waals surface area contributed by atoms with E-state index in [1.54, 1.807) is 42.5 Å². The average Bonchev–Trinajstić information content (AvgIpc) is 2.46. The van der Waals surface area contributed by atoms with Gasteiger partial charge >= 0.3 is 0 Å². The first-order valence-corrected chi connectivity index (χ1v) is 8.66. The van der Waals surface area contributed by atoms with Crippen molar-refractivity contribution in [1.29, 1.82) is 0 Å². The monoisotopic (exact) mass is 335 g/mol. The highest BCUT2D eigenvalue weighted by Gasteiger charge is 2.07. The van der Waals surface area contributed by atoms with Crippen LogP contribution in [-0.4, -0.2) is 20.6 Å². The van der Waals surface area contributed by atoms with Gasteiger partial charge in [0, 0.05) is 23.0 Å². The molecule has 0 fully saturated rings. The molecule has 2 rings (SSSR count). The third-order valence-electron chi connectivity index (χ3n) is 2.83. The van der Waals surface area contributed by atoms with Crippen LogP contribution in [-0.2, 0) is 14.6 Å². The number of rotatable bonds is 4. The Balaban J connectivity index is 2.07. The zero-order valence-electron chi connectivity index (χ0n) is 11.8. The van der Waals surface area contributed by atoms with E-state index < -0.39 is 9.84 Å². The van der Waals surface area contributed by atoms with Crippen LogP contribution in [0.15, 0.2) is 59.5 Å². The Hall–Kier alpha value is -2.11. The largest absolute Gasteiger partial charge is 0.322 e. The number of halogens is 1. The fraction of sp³-hybridized carbons (Fsp3) is 0.0625. The average molecular weight is 336 g/mol. The van der Waals surface area contributed by atoms with E-state index in [1.165, 1.54) is 18.2 Å². The van der Waals surface area contributed by atoms with E-state index in [-0.39, 0.29) is 10.8 Å². The highest BCUT2D eigenvalue weighted by molar-refractivity contribution is 7.90. The molecule has 1 amide bonds. The minimum absolute atomic E-state index is 0.159. The molecule has 0 spiro atoms. The molecule has 0 aliphatic carbocycles. The van der Waals surface area contributed by atoms with Crippen LogP contribution in [0, 0.1) is 0 Å². The lowest BCUT2D eigenvalue weighted by Gasteiger charge is -2.04. The topological polar surface area (TPSA) is 63.2 Å². The summed E-state index contributed by atoms with van der Waals surface area (Å²) in [5.41, 5.74) is 1.26. The predicted octanol–water partition coefficient (Wildman–Crippen LogP) is 3.40. The van der Waals surface area contributed by atoms with E-state index in [2.05, 4.69) is 5.32 Å². The van der Waals surface area contributed by atoms with Crippen LogP contribution in [0.5, 0.6) is 0 Å². The van der Waals surface area contributed by atoms with Crippen molar-refractivity contribution in [2.45, 2.75) is 4.90 Å². The summed E-state index contributed by atoms with van der Waals surface area (Å²) in [5.74, 6) is -0.347. The number of benzene rings is 2. The Morgan fingerprint density at radius 2 is 1.82 bits per heavy atom. The van der Waals surface area contributed by atoms with Crippen molar-refractivity contribution >= 4 is 39.1 Å². The summed E-state index contributed by atoms with van der Waals surface area (Å²) in [6, 6.07) is 13.1. The van der Waals surface area contributed by atoms with Crippen molar-refractivity contribution in [3.8, 4) is 0 Å². The number of hydrogen-bond donors (Lipinski definition) is 1. The van der Waals surface area contributed by atoms with E-state index in [0.29, 0.717) is 10.7 Å². The molecule has 22 heavy (non-hydrogen) atoms. The molecule has 0 bridgehead atoms. The molecule has 0 saturated heterocycles. The third-order valence-corrected chi connectivity index (χ3v) is 4.19. The highest BCUT2D eigenvalue weighted by atomic mass is 35.5. The standard InChI is InChI=1S/C16H14ClNO3S/c1-22(20,21)15-4-2-3-14(11-15)18-16(19)10-7-12-5-8-13(17)9-6-12/h2-11H,1H3,(H,18,19). The van der Waals surface area contributed by atoms with Crippen LogP contribution in [0.1, 0.15) is 5.56 Å². The lowest BCUT2D eigenvalue weighted by atomic mass is 10.2. The van der Waals surface area contributed by atoms with Gasteiger partial charge in [0.1, 0.15) is 0 Å². The summed E-state index contributed by atoms with van der Waals surface area (Å²) in [7, 11) is -3.30. The first-order chi connectivity index (χ1) is 10.3. The second-order valence-electron chi connectivity index (χ2n) is 4.67. The molecule has 0 aliphatic rings. The zero-order valence-corrected chi connectivity index (χ0v) is 13.4. The van der Waals surface area contributed by atoms with Gasteiger partial charge in [0.05, 0.1) is 4.90 Å². The predicted molar refractivity (Wildman–Crippen MR) is 88.7 cm³/mol. The number of carbonyl (C=O) groups is 1. The van der Waals surface area contributed by atoms with E-state index in [1.807, 2.05) is 0 Å². The molecule has 2 aromatic carbocycles. The van der Waals surface area contributed by atoms with Gasteiger partial charge in [-0.05, 0) is 42.0 Å². The molecule has 0 heterocycles. The molecule has 0 aromatic heterocycles. The minimum atomic E-state index is -3.30. The van der Waals surface area contributed by atoms with Gasteiger partial charge in [-0.3, -0.25) is 4.79 Å². The normalized spacial score (nSPS) is 11.5. The molecule has 0 aliphatic heterocycles. The van der Waals surface area contributed by atoms with Crippen LogP contribution in [0.25, 0.3) is 6.08 Å². The molecule has 0 atom stereocenters. The Morgan fingerprint density at radius 1 is 1.14 bits per heavy atom. The number of nitrogens with one attached hydrogen (secondary N) is 1. The summed E-state index contributed by atoms with van der Waals surface area (Å²) in [5, 5.41) is 3.24. The molecule has 1 N–H and O–H groups in total. The zero-order chi connectivity index (χ0) is 16.2. The molecular formula is C16H14ClNO3S. The summed E-state index contributed by atoms with van der Waals surface area (Å²) in [6.45, 7) is 0. The number of hydrogen-bond acceptors (Lipinski definition) is 3. The van der Waals surface area contributed by atoms with Crippen molar-refractivity contribution in [2.24, 2.45) is 0 Å². The summed E-state index contributed by atoms with van der Waals surface area (Å²) in [4.78, 5) is 12.0. The Morgan fingerprint density at radius 3 is 2.45 bits per heavy atom. The highest BCUT2D eigenvalue weighted by Crippen LogP contribution is 2.15. The molecule has 2 aromatic rings. The smallest absolute Gasteiger partial charge is 0.248 e. The Labute approximate surface area is 134 Å². The molecule has 0 saturated carbocycles. The van der Waals surface area contributed by atoms with Crippen LogP contribution < -0.4 is 5.32 Å². The van der Waals surface area contributed by atoms with Gasteiger partial charge in [-0.2, -0.15) is 0 Å². The van der Waals surface area contributed by atoms with Gasteiger partial charge in [0.15, 0.2) is 9.84 Å². The second kappa shape index (κ2) is 6.77. The maximum atomic E-state index is 11.8. The Kier molecular flexibility index (Phi) is 5.00. The molecule has 0 unspecified atom stereocenters. The number of anilines is 1. The number of carbonyl (C=O) groups excluding carboxylic acids is 1. The Bertz CT molecular complexity index is 812. The lowest BCUT2D eigenvalue weighted by Crippen LogP contribution is -2.08. The van der Waals surface area contributed by atoms with Crippen molar-refractivity contribution < 1.29 is 13.2 Å². The summed E-state index contributed by atoms with van der Waals surface area (Å²) < 4.78 is 22.9. The van der Waals surface area contributed by atoms with Gasteiger partial charge in [-0.25, -0.2) is 8.42 Å². The van der Waals surface area contributed by atoms with Gasteiger partial charge in [-0.1, -0.05) is 29.8 Å². The van der Waals surface area contributed by atoms with Crippen LogP contribution in [0.4, 0.5) is 5.69 Å². The molecule has 114 valence electrons. The fourth-order valence-corrected chi connectivity index (χ4v) is 2.53. The van der Waals surface area contributed by atoms with Crippen LogP contribution in [0.3, 0.4) is 0 Å². The maximum absolute atomic E-state index is 11.8.